The smallest absolute Gasteiger partial charge is 0.419 e. The van der Waals surface area contributed by atoms with Gasteiger partial charge in [0.25, 0.3) is 11.5 Å². The second-order valence-corrected chi connectivity index (χ2v) is 19.5. The van der Waals surface area contributed by atoms with E-state index in [1.54, 1.807) is 63.0 Å². The van der Waals surface area contributed by atoms with Gasteiger partial charge in [0, 0.05) is 32.0 Å². The van der Waals surface area contributed by atoms with Gasteiger partial charge in [-0.25, -0.2) is 9.36 Å². The first kappa shape index (κ1) is 33.6. The minimum Gasteiger partial charge on any atom is -0.443 e. The van der Waals surface area contributed by atoms with E-state index in [4.69, 9.17) is 9.47 Å². The molecule has 0 aliphatic rings. The number of pyridine rings is 1. The first-order valence-corrected chi connectivity index (χ1v) is 19.4. The fourth-order valence-electron chi connectivity index (χ4n) is 5.20. The third kappa shape index (κ3) is 8.16. The van der Waals surface area contributed by atoms with E-state index < -0.39 is 25.7 Å². The standard InChI is InChI=1S/C36H43N5O5Si/c1-25-29(33(42)38-28-21-37-39(23-28)22-26-13-9-8-10-14-26)20-30(34(43)40(25)24-45-17-18-47(5,6)7)32-19-27-15-11-12-16-31(27)41(32)35(44)46-36(2,3)4/h8-16,19-21,23H,17-18,22,24H2,1-7H3,(H,38,42). The average molecular weight is 654 g/mol. The summed E-state index contributed by atoms with van der Waals surface area (Å²) in [5.74, 6) is -0.418. The summed E-state index contributed by atoms with van der Waals surface area (Å²) in [7, 11) is -1.38. The van der Waals surface area contributed by atoms with Crippen LogP contribution in [0.1, 0.15) is 42.4 Å². The van der Waals surface area contributed by atoms with Gasteiger partial charge in [-0.1, -0.05) is 68.2 Å². The predicted molar refractivity (Wildman–Crippen MR) is 188 cm³/mol. The van der Waals surface area contributed by atoms with E-state index >= 15 is 0 Å². The van der Waals surface area contributed by atoms with E-state index in [0.29, 0.717) is 35.7 Å². The van der Waals surface area contributed by atoms with Gasteiger partial charge in [0.15, 0.2) is 0 Å². The van der Waals surface area contributed by atoms with Crippen molar-refractivity contribution >= 4 is 36.7 Å². The number of rotatable bonds is 10. The van der Waals surface area contributed by atoms with Gasteiger partial charge in [0.1, 0.15) is 12.3 Å². The number of anilines is 1. The van der Waals surface area contributed by atoms with Crippen molar-refractivity contribution < 1.29 is 19.1 Å². The Hall–Kier alpha value is -4.74. The maximum absolute atomic E-state index is 14.2. The van der Waals surface area contributed by atoms with E-state index in [1.165, 1.54) is 9.13 Å². The average Bonchev–Trinajstić information content (AvgIpc) is 3.60. The lowest BCUT2D eigenvalue weighted by Crippen LogP contribution is -2.31. The molecule has 10 nitrogen and oxygen atoms in total. The number of benzene rings is 2. The molecule has 3 heterocycles. The monoisotopic (exact) mass is 653 g/mol. The van der Waals surface area contributed by atoms with E-state index in [9.17, 15) is 14.4 Å². The molecule has 3 aromatic heterocycles. The minimum absolute atomic E-state index is 0.0368. The van der Waals surface area contributed by atoms with Gasteiger partial charge < -0.3 is 14.8 Å². The molecule has 11 heteroatoms. The van der Waals surface area contributed by atoms with Crippen molar-refractivity contribution in [1.29, 1.82) is 0 Å². The molecule has 0 spiro atoms. The summed E-state index contributed by atoms with van der Waals surface area (Å²) in [5.41, 5.74) is 2.25. The summed E-state index contributed by atoms with van der Waals surface area (Å²) in [4.78, 5) is 41.7. The van der Waals surface area contributed by atoms with Crippen LogP contribution in [0.15, 0.2) is 83.9 Å². The summed E-state index contributed by atoms with van der Waals surface area (Å²) >= 11 is 0. The van der Waals surface area contributed by atoms with Crippen LogP contribution in [0.2, 0.25) is 25.7 Å². The normalized spacial score (nSPS) is 12.0. The lowest BCUT2D eigenvalue weighted by Gasteiger charge is -2.22. The van der Waals surface area contributed by atoms with Crippen LogP contribution in [-0.2, 0) is 22.7 Å². The topological polar surface area (TPSA) is 109 Å². The Morgan fingerprint density at radius 2 is 1.68 bits per heavy atom. The molecule has 0 aliphatic heterocycles. The number of hydrogen-bond acceptors (Lipinski definition) is 6. The Bertz CT molecular complexity index is 1960. The summed E-state index contributed by atoms with van der Waals surface area (Å²) in [6, 6.07) is 21.5. The first-order chi connectivity index (χ1) is 22.2. The Labute approximate surface area is 275 Å². The van der Waals surface area contributed by atoms with Gasteiger partial charge in [-0.2, -0.15) is 5.10 Å². The number of carbonyl (C=O) groups excluding carboxylic acids is 2. The van der Waals surface area contributed by atoms with E-state index in [2.05, 4.69) is 30.1 Å². The molecule has 0 fully saturated rings. The predicted octanol–water partition coefficient (Wildman–Crippen LogP) is 7.37. The number of hydrogen-bond donors (Lipinski definition) is 1. The zero-order chi connectivity index (χ0) is 33.9. The molecule has 5 rings (SSSR count). The van der Waals surface area contributed by atoms with E-state index in [-0.39, 0.29) is 23.4 Å². The van der Waals surface area contributed by atoms with E-state index in [1.807, 2.05) is 48.5 Å². The first-order valence-electron chi connectivity index (χ1n) is 15.7. The van der Waals surface area contributed by atoms with Crippen molar-refractivity contribution in [3.05, 3.63) is 106 Å². The molecule has 47 heavy (non-hydrogen) atoms. The molecular weight excluding hydrogens is 611 g/mol. The highest BCUT2D eigenvalue weighted by molar-refractivity contribution is 6.76. The molecule has 2 aromatic carbocycles. The third-order valence-electron chi connectivity index (χ3n) is 7.66. The molecule has 0 radical (unpaired) electrons. The molecule has 1 N–H and O–H groups in total. The van der Waals surface area contributed by atoms with Crippen molar-refractivity contribution in [2.75, 3.05) is 11.9 Å². The fourth-order valence-corrected chi connectivity index (χ4v) is 5.95. The molecule has 0 unspecified atom stereocenters. The number of fused-ring (bicyclic) bond motifs is 1. The number of amides is 1. The van der Waals surface area contributed by atoms with Gasteiger partial charge in [0.05, 0.1) is 40.8 Å². The minimum atomic E-state index is -1.38. The van der Waals surface area contributed by atoms with Crippen LogP contribution in [0, 0.1) is 6.92 Å². The number of aromatic nitrogens is 4. The maximum Gasteiger partial charge on any atom is 0.419 e. The molecule has 246 valence electrons. The lowest BCUT2D eigenvalue weighted by molar-refractivity contribution is 0.0547. The summed E-state index contributed by atoms with van der Waals surface area (Å²) in [5, 5.41) is 8.10. The Balaban J connectivity index is 1.57. The van der Waals surface area contributed by atoms with Crippen LogP contribution in [-0.4, -0.2) is 51.2 Å². The molecule has 0 atom stereocenters. The van der Waals surface area contributed by atoms with Crippen LogP contribution in [0.4, 0.5) is 10.5 Å². The number of ether oxygens (including phenoxy) is 2. The van der Waals surface area contributed by atoms with Crippen LogP contribution >= 0.6 is 0 Å². The zero-order valence-corrected chi connectivity index (χ0v) is 29.2. The van der Waals surface area contributed by atoms with E-state index in [0.717, 1.165) is 17.0 Å². The Morgan fingerprint density at radius 1 is 0.979 bits per heavy atom. The summed E-state index contributed by atoms with van der Waals surface area (Å²) in [6.07, 6.45) is 2.73. The van der Waals surface area contributed by atoms with Crippen molar-refractivity contribution in [2.24, 2.45) is 0 Å². The van der Waals surface area contributed by atoms with Gasteiger partial charge in [0.2, 0.25) is 0 Å². The largest absolute Gasteiger partial charge is 0.443 e. The Morgan fingerprint density at radius 3 is 2.38 bits per heavy atom. The molecule has 0 bridgehead atoms. The summed E-state index contributed by atoms with van der Waals surface area (Å²) in [6.45, 7) is 14.9. The number of nitrogens with zero attached hydrogens (tertiary/aromatic N) is 4. The number of para-hydroxylation sites is 1. The van der Waals surface area contributed by atoms with Crippen LogP contribution in [0.5, 0.6) is 0 Å². The third-order valence-corrected chi connectivity index (χ3v) is 9.37. The van der Waals surface area contributed by atoms with Gasteiger partial charge in [-0.15, -0.1) is 0 Å². The highest BCUT2D eigenvalue weighted by Crippen LogP contribution is 2.29. The molecular formula is C36H43N5O5Si. The molecule has 5 aromatic rings. The van der Waals surface area contributed by atoms with Gasteiger partial charge in [-0.05, 0) is 57.5 Å². The molecule has 0 aliphatic carbocycles. The van der Waals surface area contributed by atoms with Crippen LogP contribution in [0.25, 0.3) is 22.2 Å². The Kier molecular flexibility index (Phi) is 9.69. The maximum atomic E-state index is 14.2. The fraction of sp³-hybridized carbons (Fsp3) is 0.333. The zero-order valence-electron chi connectivity index (χ0n) is 28.2. The highest BCUT2D eigenvalue weighted by Gasteiger charge is 2.26. The van der Waals surface area contributed by atoms with Gasteiger partial charge >= 0.3 is 6.09 Å². The quantitative estimate of drug-likeness (QED) is 0.125. The van der Waals surface area contributed by atoms with Crippen molar-refractivity contribution in [1.82, 2.24) is 18.9 Å². The van der Waals surface area contributed by atoms with Crippen LogP contribution < -0.4 is 10.9 Å². The number of nitrogens with one attached hydrogen (secondary N) is 1. The molecule has 0 saturated heterocycles. The molecule has 0 saturated carbocycles. The molecule has 1 amide bonds. The lowest BCUT2D eigenvalue weighted by atomic mass is 10.1. The second kappa shape index (κ2) is 13.5. The highest BCUT2D eigenvalue weighted by atomic mass is 28.3. The number of carbonyl (C=O) groups is 2. The summed E-state index contributed by atoms with van der Waals surface area (Å²) < 4.78 is 16.4. The second-order valence-electron chi connectivity index (χ2n) is 13.9. The van der Waals surface area contributed by atoms with Gasteiger partial charge in [-0.3, -0.25) is 18.8 Å². The van der Waals surface area contributed by atoms with Crippen molar-refractivity contribution in [3.8, 4) is 11.3 Å². The van der Waals surface area contributed by atoms with Crippen molar-refractivity contribution in [2.45, 2.75) is 72.3 Å². The van der Waals surface area contributed by atoms with Crippen molar-refractivity contribution in [3.63, 3.8) is 0 Å². The SMILES string of the molecule is Cc1c(C(=O)Nc2cnn(Cc3ccccc3)c2)cc(-c2cc3ccccc3n2C(=O)OC(C)(C)C)c(=O)n1COCC[Si](C)(C)C. The van der Waals surface area contributed by atoms with Crippen LogP contribution in [0.3, 0.4) is 0 Å².